The van der Waals surface area contributed by atoms with E-state index in [-0.39, 0.29) is 17.6 Å². The Morgan fingerprint density at radius 3 is 2.82 bits per heavy atom. The van der Waals surface area contributed by atoms with Gasteiger partial charge in [0, 0.05) is 50.8 Å². The number of aromatic nitrogens is 2. The third-order valence-electron chi connectivity index (χ3n) is 6.10. The Balaban J connectivity index is 1.56. The summed E-state index contributed by atoms with van der Waals surface area (Å²) in [6, 6.07) is 6.78. The molecule has 1 atom stereocenters. The normalized spacial score (nSPS) is 22.0. The van der Waals surface area contributed by atoms with E-state index >= 15 is 0 Å². The predicted octanol–water partition coefficient (Wildman–Crippen LogP) is 3.36. The Bertz CT molecular complexity index is 808. The van der Waals surface area contributed by atoms with E-state index < -0.39 is 5.41 Å². The summed E-state index contributed by atoms with van der Waals surface area (Å²) in [5.41, 5.74) is 0.959. The molecule has 0 radical (unpaired) electrons. The van der Waals surface area contributed by atoms with E-state index in [0.717, 1.165) is 25.1 Å². The van der Waals surface area contributed by atoms with Gasteiger partial charge in [-0.2, -0.15) is 0 Å². The molecule has 6 heteroatoms. The summed E-state index contributed by atoms with van der Waals surface area (Å²) in [6.45, 7) is 2.48. The standard InChI is InChI=1S/C22H26FN3O2/c23-19-6-2-1-4-17(19)14-22(7-12-28-13-8-22)21(27)26-11-3-5-18(16-26)20-15-24-9-10-25-20/h1-2,4,6,9-10,15,18H,3,5,7-8,11-14,16H2/t18-/m1/s1. The van der Waals surface area contributed by atoms with Gasteiger partial charge in [0.2, 0.25) is 5.91 Å². The quantitative estimate of drug-likeness (QED) is 0.812. The van der Waals surface area contributed by atoms with E-state index in [4.69, 9.17) is 4.74 Å². The fourth-order valence-corrected chi connectivity index (χ4v) is 4.49. The Morgan fingerprint density at radius 1 is 1.25 bits per heavy atom. The van der Waals surface area contributed by atoms with E-state index in [1.54, 1.807) is 30.7 Å². The van der Waals surface area contributed by atoms with Gasteiger partial charge in [-0.3, -0.25) is 14.8 Å². The zero-order valence-corrected chi connectivity index (χ0v) is 16.0. The number of likely N-dealkylation sites (tertiary alicyclic amines) is 1. The van der Waals surface area contributed by atoms with Crippen LogP contribution < -0.4 is 0 Å². The second kappa shape index (κ2) is 8.35. The molecule has 2 aliphatic rings. The van der Waals surface area contributed by atoms with Gasteiger partial charge in [-0.15, -0.1) is 0 Å². The third-order valence-corrected chi connectivity index (χ3v) is 6.10. The molecule has 5 nitrogen and oxygen atoms in total. The van der Waals surface area contributed by atoms with Crippen LogP contribution in [0, 0.1) is 11.2 Å². The van der Waals surface area contributed by atoms with Gasteiger partial charge >= 0.3 is 0 Å². The van der Waals surface area contributed by atoms with Crippen molar-refractivity contribution in [3.05, 3.63) is 59.9 Å². The van der Waals surface area contributed by atoms with E-state index in [0.29, 0.717) is 44.6 Å². The number of amides is 1. The molecule has 2 saturated heterocycles. The second-order valence-electron chi connectivity index (χ2n) is 7.88. The zero-order chi connectivity index (χ0) is 19.4. The number of hydrogen-bond acceptors (Lipinski definition) is 4. The van der Waals surface area contributed by atoms with Gasteiger partial charge in [0.1, 0.15) is 5.82 Å². The van der Waals surface area contributed by atoms with Gasteiger partial charge in [-0.25, -0.2) is 4.39 Å². The Kier molecular flexibility index (Phi) is 5.67. The van der Waals surface area contributed by atoms with E-state index in [1.165, 1.54) is 6.07 Å². The highest BCUT2D eigenvalue weighted by Crippen LogP contribution is 2.38. The number of halogens is 1. The fourth-order valence-electron chi connectivity index (χ4n) is 4.49. The smallest absolute Gasteiger partial charge is 0.229 e. The Hall–Kier alpha value is -2.34. The average molecular weight is 383 g/mol. The summed E-state index contributed by atoms with van der Waals surface area (Å²) in [5, 5.41) is 0. The molecule has 2 aliphatic heterocycles. The number of hydrogen-bond donors (Lipinski definition) is 0. The molecule has 0 spiro atoms. The molecule has 0 saturated carbocycles. The van der Waals surface area contributed by atoms with Crippen LogP contribution in [-0.2, 0) is 16.0 Å². The summed E-state index contributed by atoms with van der Waals surface area (Å²) in [5.74, 6) is 0.0987. The summed E-state index contributed by atoms with van der Waals surface area (Å²) in [4.78, 5) is 24.3. The number of nitrogens with zero attached hydrogens (tertiary/aromatic N) is 3. The molecule has 0 aliphatic carbocycles. The molecule has 1 amide bonds. The minimum Gasteiger partial charge on any atom is -0.381 e. The highest BCUT2D eigenvalue weighted by atomic mass is 19.1. The number of carbonyl (C=O) groups is 1. The lowest BCUT2D eigenvalue weighted by atomic mass is 9.73. The lowest BCUT2D eigenvalue weighted by molar-refractivity contribution is -0.149. The number of rotatable bonds is 4. The summed E-state index contributed by atoms with van der Waals surface area (Å²) in [7, 11) is 0. The van der Waals surface area contributed by atoms with Crippen molar-refractivity contribution in [2.45, 2.75) is 38.0 Å². The number of carbonyl (C=O) groups excluding carboxylic acids is 1. The molecule has 2 fully saturated rings. The second-order valence-corrected chi connectivity index (χ2v) is 7.88. The van der Waals surface area contributed by atoms with Crippen LogP contribution in [-0.4, -0.2) is 47.1 Å². The maximum absolute atomic E-state index is 14.3. The Morgan fingerprint density at radius 2 is 2.07 bits per heavy atom. The van der Waals surface area contributed by atoms with Crippen LogP contribution in [0.2, 0.25) is 0 Å². The molecule has 0 N–H and O–H groups in total. The first kappa shape index (κ1) is 19.0. The monoisotopic (exact) mass is 383 g/mol. The summed E-state index contributed by atoms with van der Waals surface area (Å²) >= 11 is 0. The first-order valence-corrected chi connectivity index (χ1v) is 10.0. The van der Waals surface area contributed by atoms with E-state index in [9.17, 15) is 9.18 Å². The van der Waals surface area contributed by atoms with Gasteiger partial charge < -0.3 is 9.64 Å². The van der Waals surface area contributed by atoms with Crippen LogP contribution in [0.15, 0.2) is 42.9 Å². The SMILES string of the molecule is O=C(N1CCC[C@@H](c2cnccn2)C1)C1(Cc2ccccc2F)CCOCC1. The van der Waals surface area contributed by atoms with Gasteiger partial charge in [0.15, 0.2) is 0 Å². The molecular weight excluding hydrogens is 357 g/mol. The van der Waals surface area contributed by atoms with Crippen molar-refractivity contribution in [3.8, 4) is 0 Å². The molecule has 0 bridgehead atoms. The molecular formula is C22H26FN3O2. The van der Waals surface area contributed by atoms with Crippen LogP contribution in [0.5, 0.6) is 0 Å². The molecule has 3 heterocycles. The first-order chi connectivity index (χ1) is 13.7. The van der Waals surface area contributed by atoms with Gasteiger partial charge in [-0.1, -0.05) is 18.2 Å². The fraction of sp³-hybridized carbons (Fsp3) is 0.500. The highest BCUT2D eigenvalue weighted by Gasteiger charge is 2.44. The average Bonchev–Trinajstić information content (AvgIpc) is 2.76. The lowest BCUT2D eigenvalue weighted by Crippen LogP contribution is -2.51. The van der Waals surface area contributed by atoms with Crippen LogP contribution in [0.3, 0.4) is 0 Å². The number of benzene rings is 1. The number of ether oxygens (including phenoxy) is 1. The van der Waals surface area contributed by atoms with Gasteiger partial charge in [0.25, 0.3) is 0 Å². The molecule has 0 unspecified atom stereocenters. The van der Waals surface area contributed by atoms with Crippen LogP contribution in [0.25, 0.3) is 0 Å². The first-order valence-electron chi connectivity index (χ1n) is 10.0. The lowest BCUT2D eigenvalue weighted by Gasteiger charge is -2.42. The van der Waals surface area contributed by atoms with Crippen molar-refractivity contribution in [2.24, 2.45) is 5.41 Å². The van der Waals surface area contributed by atoms with E-state index in [1.807, 2.05) is 11.0 Å². The predicted molar refractivity (Wildman–Crippen MR) is 103 cm³/mol. The molecule has 1 aromatic heterocycles. The number of piperidine rings is 1. The van der Waals surface area contributed by atoms with Gasteiger partial charge in [-0.05, 0) is 43.7 Å². The van der Waals surface area contributed by atoms with Crippen molar-refractivity contribution in [1.82, 2.24) is 14.9 Å². The van der Waals surface area contributed by atoms with Crippen molar-refractivity contribution in [1.29, 1.82) is 0 Å². The van der Waals surface area contributed by atoms with Crippen LogP contribution in [0.1, 0.15) is 42.9 Å². The highest BCUT2D eigenvalue weighted by molar-refractivity contribution is 5.83. The van der Waals surface area contributed by atoms with Crippen LogP contribution in [0.4, 0.5) is 4.39 Å². The van der Waals surface area contributed by atoms with Crippen molar-refractivity contribution < 1.29 is 13.9 Å². The summed E-state index contributed by atoms with van der Waals surface area (Å²) in [6.07, 6.45) is 8.80. The van der Waals surface area contributed by atoms with E-state index in [2.05, 4.69) is 9.97 Å². The minimum atomic E-state index is -0.593. The largest absolute Gasteiger partial charge is 0.381 e. The maximum Gasteiger partial charge on any atom is 0.229 e. The zero-order valence-electron chi connectivity index (χ0n) is 16.0. The Labute approximate surface area is 164 Å². The van der Waals surface area contributed by atoms with Crippen molar-refractivity contribution in [3.63, 3.8) is 0 Å². The minimum absolute atomic E-state index is 0.132. The van der Waals surface area contributed by atoms with Gasteiger partial charge in [0.05, 0.1) is 11.1 Å². The van der Waals surface area contributed by atoms with Crippen molar-refractivity contribution in [2.75, 3.05) is 26.3 Å². The maximum atomic E-state index is 14.3. The summed E-state index contributed by atoms with van der Waals surface area (Å²) < 4.78 is 19.9. The molecule has 2 aromatic rings. The molecule has 148 valence electrons. The molecule has 1 aromatic carbocycles. The third kappa shape index (κ3) is 3.92. The van der Waals surface area contributed by atoms with Crippen molar-refractivity contribution >= 4 is 5.91 Å². The molecule has 4 rings (SSSR count). The molecule has 28 heavy (non-hydrogen) atoms. The van der Waals surface area contributed by atoms with Crippen LogP contribution >= 0.6 is 0 Å². The topological polar surface area (TPSA) is 55.3 Å².